The van der Waals surface area contributed by atoms with Gasteiger partial charge in [-0.05, 0) is 30.0 Å². The van der Waals surface area contributed by atoms with E-state index in [9.17, 15) is 0 Å². The topological polar surface area (TPSA) is 26.0 Å². The average molecular weight is 254 g/mol. The van der Waals surface area contributed by atoms with Crippen LogP contribution >= 0.6 is 11.6 Å². The van der Waals surface area contributed by atoms with E-state index >= 15 is 0 Å². The molecule has 96 valence electrons. The molecule has 0 aliphatic carbocycles. The standard InChI is InChI=1S/C15H24ClN/c1-3-5-7-12(4-2)10-15(17)13-8-6-9-14(16)11-13/h6,8-9,11-12,15H,3-5,7,10,17H2,1-2H3. The molecule has 2 heteroatoms. The lowest BCUT2D eigenvalue weighted by molar-refractivity contribution is 0.388. The molecule has 1 aromatic carbocycles. The second kappa shape index (κ2) is 7.73. The number of nitrogens with two attached hydrogens (primary N) is 1. The van der Waals surface area contributed by atoms with Gasteiger partial charge in [-0.25, -0.2) is 0 Å². The van der Waals surface area contributed by atoms with Crippen LogP contribution in [0.5, 0.6) is 0 Å². The summed E-state index contributed by atoms with van der Waals surface area (Å²) < 4.78 is 0. The normalized spacial score (nSPS) is 14.6. The number of hydrogen-bond donors (Lipinski definition) is 1. The molecule has 0 aromatic heterocycles. The van der Waals surface area contributed by atoms with Crippen molar-refractivity contribution in [3.63, 3.8) is 0 Å². The largest absolute Gasteiger partial charge is 0.324 e. The molecular formula is C15H24ClN. The molecule has 1 aromatic rings. The van der Waals surface area contributed by atoms with Gasteiger partial charge < -0.3 is 5.73 Å². The van der Waals surface area contributed by atoms with Crippen LogP contribution in [-0.2, 0) is 0 Å². The molecule has 17 heavy (non-hydrogen) atoms. The van der Waals surface area contributed by atoms with E-state index in [-0.39, 0.29) is 6.04 Å². The molecule has 1 nitrogen and oxygen atoms in total. The summed E-state index contributed by atoms with van der Waals surface area (Å²) in [6.07, 6.45) is 6.15. The van der Waals surface area contributed by atoms with Crippen LogP contribution in [0.25, 0.3) is 0 Å². The highest BCUT2D eigenvalue weighted by atomic mass is 35.5. The molecule has 2 N–H and O–H groups in total. The van der Waals surface area contributed by atoms with Gasteiger partial charge >= 0.3 is 0 Å². The molecule has 0 saturated heterocycles. The number of halogens is 1. The van der Waals surface area contributed by atoms with E-state index in [0.29, 0.717) is 0 Å². The van der Waals surface area contributed by atoms with Crippen molar-refractivity contribution in [2.45, 2.75) is 52.0 Å². The van der Waals surface area contributed by atoms with Gasteiger partial charge in [0, 0.05) is 11.1 Å². The monoisotopic (exact) mass is 253 g/mol. The number of unbranched alkanes of at least 4 members (excludes halogenated alkanes) is 1. The molecule has 0 radical (unpaired) electrons. The van der Waals surface area contributed by atoms with Crippen molar-refractivity contribution in [1.82, 2.24) is 0 Å². The smallest absolute Gasteiger partial charge is 0.0409 e. The Labute approximate surface area is 110 Å². The van der Waals surface area contributed by atoms with Crippen molar-refractivity contribution >= 4 is 11.6 Å². The molecule has 0 heterocycles. The van der Waals surface area contributed by atoms with Crippen LogP contribution in [0, 0.1) is 5.92 Å². The van der Waals surface area contributed by atoms with E-state index in [2.05, 4.69) is 19.9 Å². The van der Waals surface area contributed by atoms with Gasteiger partial charge in [0.1, 0.15) is 0 Å². The first-order valence-electron chi connectivity index (χ1n) is 6.68. The van der Waals surface area contributed by atoms with Gasteiger partial charge in [-0.3, -0.25) is 0 Å². The molecular weight excluding hydrogens is 230 g/mol. The van der Waals surface area contributed by atoms with Crippen LogP contribution < -0.4 is 5.73 Å². The van der Waals surface area contributed by atoms with Crippen LogP contribution in [-0.4, -0.2) is 0 Å². The van der Waals surface area contributed by atoms with E-state index in [4.69, 9.17) is 17.3 Å². The minimum absolute atomic E-state index is 0.121. The van der Waals surface area contributed by atoms with Gasteiger partial charge in [-0.1, -0.05) is 63.3 Å². The number of hydrogen-bond acceptors (Lipinski definition) is 1. The van der Waals surface area contributed by atoms with Gasteiger partial charge in [-0.15, -0.1) is 0 Å². The summed E-state index contributed by atoms with van der Waals surface area (Å²) in [4.78, 5) is 0. The minimum Gasteiger partial charge on any atom is -0.324 e. The third-order valence-corrected chi connectivity index (χ3v) is 3.64. The first-order chi connectivity index (χ1) is 8.17. The molecule has 0 aliphatic heterocycles. The van der Waals surface area contributed by atoms with E-state index in [0.717, 1.165) is 22.9 Å². The van der Waals surface area contributed by atoms with E-state index in [1.54, 1.807) is 0 Å². The first kappa shape index (κ1) is 14.5. The fraction of sp³-hybridized carbons (Fsp3) is 0.600. The predicted octanol–water partition coefficient (Wildman–Crippen LogP) is 4.95. The Balaban J connectivity index is 2.54. The Morgan fingerprint density at radius 2 is 2.06 bits per heavy atom. The fourth-order valence-corrected chi connectivity index (χ4v) is 2.41. The predicted molar refractivity (Wildman–Crippen MR) is 76.3 cm³/mol. The van der Waals surface area contributed by atoms with Crippen LogP contribution in [0.15, 0.2) is 24.3 Å². The average Bonchev–Trinajstić information content (AvgIpc) is 2.34. The molecule has 1 rings (SSSR count). The van der Waals surface area contributed by atoms with Crippen molar-refractivity contribution in [2.75, 3.05) is 0 Å². The van der Waals surface area contributed by atoms with Crippen molar-refractivity contribution in [2.24, 2.45) is 11.7 Å². The lowest BCUT2D eigenvalue weighted by atomic mass is 9.90. The summed E-state index contributed by atoms with van der Waals surface area (Å²) in [5, 5.41) is 0.777. The van der Waals surface area contributed by atoms with Gasteiger partial charge in [0.05, 0.1) is 0 Å². The zero-order valence-corrected chi connectivity index (χ0v) is 11.7. The third kappa shape index (κ3) is 5.10. The van der Waals surface area contributed by atoms with E-state index in [1.807, 2.05) is 18.2 Å². The van der Waals surface area contributed by atoms with Gasteiger partial charge in [-0.2, -0.15) is 0 Å². The summed E-state index contributed by atoms with van der Waals surface area (Å²) in [6, 6.07) is 8.05. The van der Waals surface area contributed by atoms with Crippen molar-refractivity contribution in [3.8, 4) is 0 Å². The molecule has 2 unspecified atom stereocenters. The van der Waals surface area contributed by atoms with Gasteiger partial charge in [0.25, 0.3) is 0 Å². The SMILES string of the molecule is CCCCC(CC)CC(N)c1cccc(Cl)c1. The fourth-order valence-electron chi connectivity index (χ4n) is 2.21. The zero-order chi connectivity index (χ0) is 12.7. The molecule has 0 fully saturated rings. The maximum atomic E-state index is 6.25. The van der Waals surface area contributed by atoms with Crippen molar-refractivity contribution in [3.05, 3.63) is 34.9 Å². The third-order valence-electron chi connectivity index (χ3n) is 3.41. The number of benzene rings is 1. The molecule has 0 amide bonds. The maximum Gasteiger partial charge on any atom is 0.0409 e. The zero-order valence-electron chi connectivity index (χ0n) is 11.0. The molecule has 0 saturated carbocycles. The van der Waals surface area contributed by atoms with Crippen LogP contribution in [0.1, 0.15) is 57.6 Å². The second-order valence-electron chi connectivity index (χ2n) is 4.81. The summed E-state index contributed by atoms with van der Waals surface area (Å²) in [6.45, 7) is 4.49. The van der Waals surface area contributed by atoms with Crippen molar-refractivity contribution < 1.29 is 0 Å². The number of rotatable bonds is 7. The highest BCUT2D eigenvalue weighted by Gasteiger charge is 2.13. The second-order valence-corrected chi connectivity index (χ2v) is 5.25. The Morgan fingerprint density at radius 1 is 1.29 bits per heavy atom. The minimum atomic E-state index is 0.121. The summed E-state index contributed by atoms with van der Waals surface area (Å²) in [5.74, 6) is 0.740. The maximum absolute atomic E-state index is 6.25. The molecule has 0 aliphatic rings. The first-order valence-corrected chi connectivity index (χ1v) is 7.06. The lowest BCUT2D eigenvalue weighted by Gasteiger charge is -2.20. The van der Waals surface area contributed by atoms with E-state index < -0.39 is 0 Å². The quantitative estimate of drug-likeness (QED) is 0.731. The van der Waals surface area contributed by atoms with Gasteiger partial charge in [0.15, 0.2) is 0 Å². The highest BCUT2D eigenvalue weighted by Crippen LogP contribution is 2.26. The summed E-state index contributed by atoms with van der Waals surface area (Å²) in [5.41, 5.74) is 7.41. The Morgan fingerprint density at radius 3 is 2.65 bits per heavy atom. The molecule has 0 spiro atoms. The van der Waals surface area contributed by atoms with Crippen LogP contribution in [0.4, 0.5) is 0 Å². The highest BCUT2D eigenvalue weighted by molar-refractivity contribution is 6.30. The molecule has 2 atom stereocenters. The Hall–Kier alpha value is -0.530. The molecule has 0 bridgehead atoms. The van der Waals surface area contributed by atoms with Crippen molar-refractivity contribution in [1.29, 1.82) is 0 Å². The lowest BCUT2D eigenvalue weighted by Crippen LogP contribution is -2.15. The van der Waals surface area contributed by atoms with E-state index in [1.165, 1.54) is 25.7 Å². The summed E-state index contributed by atoms with van der Waals surface area (Å²) >= 11 is 5.99. The Bertz CT molecular complexity index is 324. The van der Waals surface area contributed by atoms with Gasteiger partial charge in [0.2, 0.25) is 0 Å². The van der Waals surface area contributed by atoms with Crippen LogP contribution in [0.3, 0.4) is 0 Å². The Kier molecular flexibility index (Phi) is 6.61. The summed E-state index contributed by atoms with van der Waals surface area (Å²) in [7, 11) is 0. The van der Waals surface area contributed by atoms with Crippen LogP contribution in [0.2, 0.25) is 5.02 Å².